The molecule has 2 aromatic rings. The molecule has 0 heterocycles. The molecule has 0 aliphatic carbocycles. The smallest absolute Gasteiger partial charge is 0.120 e. The summed E-state index contributed by atoms with van der Waals surface area (Å²) in [5, 5.41) is 21.4. The Morgan fingerprint density at radius 1 is 1.07 bits per heavy atom. The fraction of sp³-hybridized carbons (Fsp3) is 0.0909. The van der Waals surface area contributed by atoms with Crippen molar-refractivity contribution in [1.29, 1.82) is 0 Å². The first-order valence-corrected chi connectivity index (χ1v) is 5.34. The number of phenolic OH excluding ortho intramolecular Hbond substituents is 2. The zero-order chi connectivity index (χ0) is 10.1. The second kappa shape index (κ2) is 3.50. The van der Waals surface area contributed by atoms with Crippen LogP contribution >= 0.6 is 15.9 Å². The van der Waals surface area contributed by atoms with Gasteiger partial charge < -0.3 is 10.2 Å². The fourth-order valence-corrected chi connectivity index (χ4v) is 2.09. The van der Waals surface area contributed by atoms with Gasteiger partial charge in [0, 0.05) is 10.9 Å². The number of hydrogen-bond acceptors (Lipinski definition) is 2. The Morgan fingerprint density at radius 2 is 1.79 bits per heavy atom. The highest BCUT2D eigenvalue weighted by atomic mass is 79.9. The van der Waals surface area contributed by atoms with Gasteiger partial charge in [-0.1, -0.05) is 28.1 Å². The topological polar surface area (TPSA) is 40.5 Å². The van der Waals surface area contributed by atoms with Crippen molar-refractivity contribution in [2.24, 2.45) is 0 Å². The molecule has 0 bridgehead atoms. The van der Waals surface area contributed by atoms with Crippen LogP contribution in [0.15, 0.2) is 30.3 Å². The first-order valence-electron chi connectivity index (χ1n) is 4.22. The molecule has 0 atom stereocenters. The lowest BCUT2D eigenvalue weighted by Crippen LogP contribution is -1.83. The molecule has 0 saturated heterocycles. The number of fused-ring (bicyclic) bond motifs is 1. The van der Waals surface area contributed by atoms with Gasteiger partial charge in [-0.15, -0.1) is 0 Å². The molecule has 0 fully saturated rings. The van der Waals surface area contributed by atoms with Gasteiger partial charge in [-0.05, 0) is 29.0 Å². The zero-order valence-electron chi connectivity index (χ0n) is 7.37. The Hall–Kier alpha value is -1.22. The number of benzene rings is 2. The molecule has 0 unspecified atom stereocenters. The average molecular weight is 253 g/mol. The van der Waals surface area contributed by atoms with Crippen molar-refractivity contribution in [2.45, 2.75) is 5.33 Å². The molecular weight excluding hydrogens is 244 g/mol. The van der Waals surface area contributed by atoms with Crippen LogP contribution in [-0.2, 0) is 5.33 Å². The van der Waals surface area contributed by atoms with E-state index < -0.39 is 0 Å². The minimum absolute atomic E-state index is 0.213. The number of aromatic hydroxyl groups is 2. The molecule has 0 amide bonds. The summed E-state index contributed by atoms with van der Waals surface area (Å²) >= 11 is 3.31. The van der Waals surface area contributed by atoms with Crippen molar-refractivity contribution >= 4 is 26.7 Å². The third kappa shape index (κ3) is 1.44. The molecule has 0 saturated carbocycles. The summed E-state index contributed by atoms with van der Waals surface area (Å²) in [7, 11) is 0. The standard InChI is InChI=1S/C11H9BrO2/c12-6-10-9-5-8(13)3-1-7(9)2-4-11(10)14/h1-5,13-14H,6H2. The predicted molar refractivity (Wildman–Crippen MR) is 59.9 cm³/mol. The van der Waals surface area contributed by atoms with Gasteiger partial charge >= 0.3 is 0 Å². The van der Waals surface area contributed by atoms with E-state index in [4.69, 9.17) is 0 Å². The maximum Gasteiger partial charge on any atom is 0.120 e. The van der Waals surface area contributed by atoms with E-state index in [0.717, 1.165) is 16.3 Å². The molecule has 0 aromatic heterocycles. The van der Waals surface area contributed by atoms with Crippen LogP contribution < -0.4 is 0 Å². The molecule has 2 rings (SSSR count). The maximum atomic E-state index is 9.59. The van der Waals surface area contributed by atoms with Crippen LogP contribution in [0.3, 0.4) is 0 Å². The van der Waals surface area contributed by atoms with Crippen molar-refractivity contribution < 1.29 is 10.2 Å². The van der Waals surface area contributed by atoms with E-state index in [1.807, 2.05) is 12.1 Å². The van der Waals surface area contributed by atoms with Crippen molar-refractivity contribution in [3.63, 3.8) is 0 Å². The van der Waals surface area contributed by atoms with E-state index in [9.17, 15) is 10.2 Å². The Balaban J connectivity index is 2.84. The number of hydrogen-bond donors (Lipinski definition) is 2. The van der Waals surface area contributed by atoms with Gasteiger partial charge in [0.05, 0.1) is 0 Å². The summed E-state index contributed by atoms with van der Waals surface area (Å²) in [6, 6.07) is 8.62. The van der Waals surface area contributed by atoms with E-state index in [1.165, 1.54) is 0 Å². The Bertz CT molecular complexity index is 475. The Morgan fingerprint density at radius 3 is 2.50 bits per heavy atom. The zero-order valence-corrected chi connectivity index (χ0v) is 8.95. The maximum absolute atomic E-state index is 9.59. The summed E-state index contributed by atoms with van der Waals surface area (Å²) in [6.45, 7) is 0. The molecule has 0 spiro atoms. The minimum atomic E-state index is 0.213. The lowest BCUT2D eigenvalue weighted by molar-refractivity contribution is 0.471. The monoisotopic (exact) mass is 252 g/mol. The summed E-state index contributed by atoms with van der Waals surface area (Å²) < 4.78 is 0. The molecule has 72 valence electrons. The highest BCUT2D eigenvalue weighted by Crippen LogP contribution is 2.31. The molecule has 2 N–H and O–H groups in total. The molecular formula is C11H9BrO2. The molecule has 3 heteroatoms. The van der Waals surface area contributed by atoms with Gasteiger partial charge in [-0.3, -0.25) is 0 Å². The third-order valence-corrected chi connectivity index (χ3v) is 2.79. The van der Waals surface area contributed by atoms with Gasteiger partial charge in [0.25, 0.3) is 0 Å². The van der Waals surface area contributed by atoms with Crippen LogP contribution in [0.2, 0.25) is 0 Å². The molecule has 0 radical (unpaired) electrons. The molecule has 2 aromatic carbocycles. The van der Waals surface area contributed by atoms with Gasteiger partial charge in [0.2, 0.25) is 0 Å². The number of alkyl halides is 1. The SMILES string of the molecule is Oc1ccc2ccc(O)c(CBr)c2c1. The van der Waals surface area contributed by atoms with Gasteiger partial charge in [0.1, 0.15) is 11.5 Å². The minimum Gasteiger partial charge on any atom is -0.508 e. The fourth-order valence-electron chi connectivity index (χ4n) is 1.50. The van der Waals surface area contributed by atoms with Crippen LogP contribution in [-0.4, -0.2) is 10.2 Å². The third-order valence-electron chi connectivity index (χ3n) is 2.23. The summed E-state index contributed by atoms with van der Waals surface area (Å²) in [5.74, 6) is 0.463. The number of rotatable bonds is 1. The van der Waals surface area contributed by atoms with E-state index >= 15 is 0 Å². The van der Waals surface area contributed by atoms with Crippen molar-refractivity contribution in [3.8, 4) is 11.5 Å². The molecule has 2 nitrogen and oxygen atoms in total. The lowest BCUT2D eigenvalue weighted by atomic mass is 10.0. The summed E-state index contributed by atoms with van der Waals surface area (Å²) in [6.07, 6.45) is 0. The molecule has 0 aliphatic rings. The molecule has 14 heavy (non-hydrogen) atoms. The van der Waals surface area contributed by atoms with E-state index in [0.29, 0.717) is 5.33 Å². The first-order chi connectivity index (χ1) is 6.72. The van der Waals surface area contributed by atoms with E-state index in [2.05, 4.69) is 15.9 Å². The van der Waals surface area contributed by atoms with Crippen LogP contribution in [0.1, 0.15) is 5.56 Å². The second-order valence-electron chi connectivity index (χ2n) is 3.10. The lowest BCUT2D eigenvalue weighted by Gasteiger charge is -2.06. The average Bonchev–Trinajstić information content (AvgIpc) is 2.17. The van der Waals surface area contributed by atoms with Crippen molar-refractivity contribution in [2.75, 3.05) is 0 Å². The van der Waals surface area contributed by atoms with Gasteiger partial charge in [-0.25, -0.2) is 0 Å². The number of phenols is 2. The van der Waals surface area contributed by atoms with Crippen LogP contribution in [0.5, 0.6) is 11.5 Å². The van der Waals surface area contributed by atoms with Crippen LogP contribution in [0, 0.1) is 0 Å². The highest BCUT2D eigenvalue weighted by Gasteiger charge is 2.05. The molecule has 0 aliphatic heterocycles. The normalized spacial score (nSPS) is 10.6. The quantitative estimate of drug-likeness (QED) is 0.766. The van der Waals surface area contributed by atoms with Crippen molar-refractivity contribution in [1.82, 2.24) is 0 Å². The largest absolute Gasteiger partial charge is 0.508 e. The van der Waals surface area contributed by atoms with Crippen LogP contribution in [0.4, 0.5) is 0 Å². The summed E-state index contributed by atoms with van der Waals surface area (Å²) in [4.78, 5) is 0. The van der Waals surface area contributed by atoms with Crippen LogP contribution in [0.25, 0.3) is 10.8 Å². The highest BCUT2D eigenvalue weighted by molar-refractivity contribution is 9.08. The number of halogens is 1. The Kier molecular flexibility index (Phi) is 2.33. The summed E-state index contributed by atoms with van der Waals surface area (Å²) in [5.41, 5.74) is 0.804. The van der Waals surface area contributed by atoms with Crippen molar-refractivity contribution in [3.05, 3.63) is 35.9 Å². The Labute approximate surface area is 89.9 Å². The predicted octanol–water partition coefficient (Wildman–Crippen LogP) is 3.15. The second-order valence-corrected chi connectivity index (χ2v) is 3.66. The van der Waals surface area contributed by atoms with E-state index in [1.54, 1.807) is 18.2 Å². The van der Waals surface area contributed by atoms with Gasteiger partial charge in [0.15, 0.2) is 0 Å². The van der Waals surface area contributed by atoms with Gasteiger partial charge in [-0.2, -0.15) is 0 Å². The van der Waals surface area contributed by atoms with E-state index in [-0.39, 0.29) is 11.5 Å². The first kappa shape index (κ1) is 9.34.